The van der Waals surface area contributed by atoms with Gasteiger partial charge in [-0.15, -0.1) is 10.2 Å². The number of hydrogen-bond donors (Lipinski definition) is 0. The Kier molecular flexibility index (Phi) is 5.31. The van der Waals surface area contributed by atoms with Gasteiger partial charge in [-0.2, -0.15) is 0 Å². The molecule has 2 fully saturated rings. The van der Waals surface area contributed by atoms with E-state index < -0.39 is 0 Å². The van der Waals surface area contributed by atoms with Crippen molar-refractivity contribution >= 4 is 23.4 Å². The van der Waals surface area contributed by atoms with Crippen molar-refractivity contribution in [3.63, 3.8) is 0 Å². The Balaban J connectivity index is 1.31. The van der Waals surface area contributed by atoms with Gasteiger partial charge in [-0.1, -0.05) is 41.6 Å². The quantitative estimate of drug-likeness (QED) is 0.721. The van der Waals surface area contributed by atoms with Crippen LogP contribution in [0.5, 0.6) is 0 Å². The molecule has 0 N–H and O–H groups in total. The first kappa shape index (κ1) is 17.3. The molecular formula is C18H23ClN4OS. The van der Waals surface area contributed by atoms with Gasteiger partial charge in [0.1, 0.15) is 5.82 Å². The molecule has 0 spiro atoms. The minimum Gasteiger partial charge on any atom is -0.375 e. The standard InChI is InChI=1S/C18H23ClN4OS/c1-22-17(13-6-7-13)20-21-18(22)25-12-15-11-23(8-9-24-15)10-14-4-2-3-5-16(14)19/h2-5,13,15H,6-12H2,1H3. The van der Waals surface area contributed by atoms with Crippen molar-refractivity contribution < 1.29 is 4.74 Å². The second kappa shape index (κ2) is 7.66. The molecular weight excluding hydrogens is 356 g/mol. The monoisotopic (exact) mass is 378 g/mol. The van der Waals surface area contributed by atoms with E-state index in [4.69, 9.17) is 16.3 Å². The Morgan fingerprint density at radius 3 is 2.92 bits per heavy atom. The molecule has 4 rings (SSSR count). The molecule has 2 aromatic rings. The SMILES string of the molecule is Cn1c(SCC2CN(Cc3ccccc3Cl)CCO2)nnc1C1CC1. The fourth-order valence-corrected chi connectivity index (χ4v) is 4.33. The summed E-state index contributed by atoms with van der Waals surface area (Å²) < 4.78 is 8.10. The van der Waals surface area contributed by atoms with E-state index in [0.717, 1.165) is 48.0 Å². The second-order valence-corrected chi connectivity index (χ2v) is 8.20. The van der Waals surface area contributed by atoms with E-state index in [9.17, 15) is 0 Å². The summed E-state index contributed by atoms with van der Waals surface area (Å²) in [5.41, 5.74) is 1.18. The van der Waals surface area contributed by atoms with Crippen LogP contribution in [-0.4, -0.2) is 51.2 Å². The van der Waals surface area contributed by atoms with Gasteiger partial charge in [-0.25, -0.2) is 0 Å². The fraction of sp³-hybridized carbons (Fsp3) is 0.556. The van der Waals surface area contributed by atoms with Crippen molar-refractivity contribution in [3.05, 3.63) is 40.7 Å². The number of benzene rings is 1. The summed E-state index contributed by atoms with van der Waals surface area (Å²) in [5, 5.41) is 10.5. The molecule has 25 heavy (non-hydrogen) atoms. The van der Waals surface area contributed by atoms with Crippen LogP contribution in [0.25, 0.3) is 0 Å². The molecule has 5 nitrogen and oxygen atoms in total. The van der Waals surface area contributed by atoms with Crippen LogP contribution >= 0.6 is 23.4 Å². The summed E-state index contributed by atoms with van der Waals surface area (Å²) in [4.78, 5) is 2.42. The molecule has 7 heteroatoms. The molecule has 1 aromatic carbocycles. The lowest BCUT2D eigenvalue weighted by atomic mass is 10.2. The summed E-state index contributed by atoms with van der Waals surface area (Å²) in [6.07, 6.45) is 2.71. The number of morpholine rings is 1. The van der Waals surface area contributed by atoms with Crippen molar-refractivity contribution in [2.45, 2.75) is 36.6 Å². The van der Waals surface area contributed by atoms with Gasteiger partial charge < -0.3 is 9.30 Å². The number of ether oxygens (including phenoxy) is 1. The molecule has 1 aliphatic carbocycles. The van der Waals surface area contributed by atoms with Crippen LogP contribution in [0.1, 0.15) is 30.1 Å². The van der Waals surface area contributed by atoms with E-state index in [-0.39, 0.29) is 6.10 Å². The Hall–Kier alpha value is -1.08. The Morgan fingerprint density at radius 1 is 1.28 bits per heavy atom. The summed E-state index contributed by atoms with van der Waals surface area (Å²) in [5.74, 6) is 2.66. The van der Waals surface area contributed by atoms with E-state index >= 15 is 0 Å². The van der Waals surface area contributed by atoms with Gasteiger partial charge in [-0.3, -0.25) is 4.90 Å². The molecule has 134 valence electrons. The molecule has 1 unspecified atom stereocenters. The smallest absolute Gasteiger partial charge is 0.191 e. The van der Waals surface area contributed by atoms with E-state index in [2.05, 4.69) is 32.8 Å². The van der Waals surface area contributed by atoms with E-state index in [0.29, 0.717) is 5.92 Å². The van der Waals surface area contributed by atoms with Crippen molar-refractivity contribution in [1.82, 2.24) is 19.7 Å². The van der Waals surface area contributed by atoms with Crippen molar-refractivity contribution in [3.8, 4) is 0 Å². The number of hydrogen-bond acceptors (Lipinski definition) is 5. The lowest BCUT2D eigenvalue weighted by molar-refractivity contribution is -0.0187. The van der Waals surface area contributed by atoms with Crippen LogP contribution in [0.15, 0.2) is 29.4 Å². The summed E-state index contributed by atoms with van der Waals surface area (Å²) >= 11 is 8.03. The molecule has 1 aliphatic heterocycles. The number of halogens is 1. The molecule has 1 atom stereocenters. The second-order valence-electron chi connectivity index (χ2n) is 6.80. The largest absolute Gasteiger partial charge is 0.375 e. The van der Waals surface area contributed by atoms with Gasteiger partial charge in [-0.05, 0) is 24.5 Å². The lowest BCUT2D eigenvalue weighted by Crippen LogP contribution is -2.43. The van der Waals surface area contributed by atoms with Gasteiger partial charge in [0.05, 0.1) is 12.7 Å². The highest BCUT2D eigenvalue weighted by atomic mass is 35.5. The number of nitrogens with zero attached hydrogens (tertiary/aromatic N) is 4. The highest BCUT2D eigenvalue weighted by molar-refractivity contribution is 7.99. The van der Waals surface area contributed by atoms with Crippen LogP contribution < -0.4 is 0 Å². The predicted octanol–water partition coefficient (Wildman–Crippen LogP) is 3.34. The first-order chi connectivity index (χ1) is 12.2. The summed E-state index contributed by atoms with van der Waals surface area (Å²) in [7, 11) is 2.07. The fourth-order valence-electron chi connectivity index (χ4n) is 3.21. The van der Waals surface area contributed by atoms with Gasteiger partial charge in [0.2, 0.25) is 0 Å². The lowest BCUT2D eigenvalue weighted by Gasteiger charge is -2.32. The normalized spacial score (nSPS) is 21.6. The average molecular weight is 379 g/mol. The third-order valence-electron chi connectivity index (χ3n) is 4.78. The van der Waals surface area contributed by atoms with E-state index in [1.54, 1.807) is 11.8 Å². The zero-order valence-corrected chi connectivity index (χ0v) is 16.0. The highest BCUT2D eigenvalue weighted by Gasteiger charge is 2.29. The number of rotatable bonds is 6. The Bertz CT molecular complexity index is 734. The number of aromatic nitrogens is 3. The zero-order valence-electron chi connectivity index (χ0n) is 14.4. The minimum atomic E-state index is 0.210. The maximum atomic E-state index is 6.29. The van der Waals surface area contributed by atoms with Crippen molar-refractivity contribution in [2.24, 2.45) is 7.05 Å². The van der Waals surface area contributed by atoms with Crippen LogP contribution in [0.3, 0.4) is 0 Å². The van der Waals surface area contributed by atoms with Crippen molar-refractivity contribution in [2.75, 3.05) is 25.4 Å². The predicted molar refractivity (Wildman–Crippen MR) is 100 cm³/mol. The summed E-state index contributed by atoms with van der Waals surface area (Å²) in [6.45, 7) is 3.51. The van der Waals surface area contributed by atoms with E-state index in [1.165, 1.54) is 18.4 Å². The minimum absolute atomic E-state index is 0.210. The average Bonchev–Trinajstić information content (AvgIpc) is 3.39. The first-order valence-corrected chi connectivity index (χ1v) is 10.2. The molecule has 1 saturated carbocycles. The van der Waals surface area contributed by atoms with Gasteiger partial charge in [0.15, 0.2) is 5.16 Å². The molecule has 2 aliphatic rings. The third-order valence-corrected chi connectivity index (χ3v) is 6.30. The molecule has 0 bridgehead atoms. The third kappa shape index (κ3) is 4.19. The Morgan fingerprint density at radius 2 is 2.12 bits per heavy atom. The van der Waals surface area contributed by atoms with Crippen LogP contribution in [0, 0.1) is 0 Å². The maximum absolute atomic E-state index is 6.29. The first-order valence-electron chi connectivity index (χ1n) is 8.80. The van der Waals surface area contributed by atoms with Gasteiger partial charge in [0.25, 0.3) is 0 Å². The van der Waals surface area contributed by atoms with Crippen molar-refractivity contribution in [1.29, 1.82) is 0 Å². The maximum Gasteiger partial charge on any atom is 0.191 e. The summed E-state index contributed by atoms with van der Waals surface area (Å²) in [6, 6.07) is 8.07. The highest BCUT2D eigenvalue weighted by Crippen LogP contribution is 2.39. The van der Waals surface area contributed by atoms with Crippen LogP contribution in [0.2, 0.25) is 5.02 Å². The van der Waals surface area contributed by atoms with Gasteiger partial charge >= 0.3 is 0 Å². The van der Waals surface area contributed by atoms with Crippen LogP contribution in [-0.2, 0) is 18.3 Å². The topological polar surface area (TPSA) is 43.2 Å². The molecule has 1 aromatic heterocycles. The Labute approximate surface area is 157 Å². The van der Waals surface area contributed by atoms with Gasteiger partial charge in [0, 0.05) is 43.4 Å². The molecule has 0 radical (unpaired) electrons. The van der Waals surface area contributed by atoms with Crippen LogP contribution in [0.4, 0.5) is 0 Å². The zero-order chi connectivity index (χ0) is 17.2. The molecule has 0 amide bonds. The number of thioether (sulfide) groups is 1. The van der Waals surface area contributed by atoms with E-state index in [1.807, 2.05) is 18.2 Å². The molecule has 1 saturated heterocycles. The molecule has 2 heterocycles.